The largest absolute Gasteiger partial charge is 0.545 e. The van der Waals surface area contributed by atoms with E-state index >= 15 is 0 Å². The Morgan fingerprint density at radius 2 is 1.20 bits per heavy atom. The van der Waals surface area contributed by atoms with E-state index in [4.69, 9.17) is 0 Å². The quantitative estimate of drug-likeness (QED) is 0.782. The van der Waals surface area contributed by atoms with E-state index in [2.05, 4.69) is 5.32 Å². The van der Waals surface area contributed by atoms with Crippen molar-refractivity contribution in [2.75, 3.05) is 5.32 Å². The van der Waals surface area contributed by atoms with Crippen molar-refractivity contribution in [3.05, 3.63) is 102 Å². The molecule has 1 N–H and O–H groups in total. The molecule has 0 aliphatic rings. The first-order valence-electron chi connectivity index (χ1n) is 7.87. The van der Waals surface area contributed by atoms with Crippen molar-refractivity contribution in [1.29, 1.82) is 0 Å². The fraction of sp³-hybridized carbons (Fsp3) is 0.0476. The molecule has 0 aromatic heterocycles. The fourth-order valence-electron chi connectivity index (χ4n) is 2.69. The third-order valence-electron chi connectivity index (χ3n) is 3.92. The van der Waals surface area contributed by atoms with Crippen molar-refractivity contribution >= 4 is 17.6 Å². The molecule has 4 heteroatoms. The number of anilines is 1. The Labute approximate surface area is 145 Å². The number of carboxylic acids is 1. The van der Waals surface area contributed by atoms with E-state index in [0.717, 1.165) is 11.1 Å². The molecule has 0 spiro atoms. The molecule has 0 unspecified atom stereocenters. The topological polar surface area (TPSA) is 69.2 Å². The highest BCUT2D eigenvalue weighted by molar-refractivity contribution is 5.98. The van der Waals surface area contributed by atoms with Crippen LogP contribution in [0.5, 0.6) is 0 Å². The van der Waals surface area contributed by atoms with Gasteiger partial charge in [0.05, 0.1) is 11.9 Å². The Balaban J connectivity index is 1.88. The average Bonchev–Trinajstić information content (AvgIpc) is 2.64. The number of hydrogen-bond acceptors (Lipinski definition) is 3. The summed E-state index contributed by atoms with van der Waals surface area (Å²) in [5.74, 6) is -1.88. The number of carboxylic acid groups (broad SMARTS) is 1. The molecule has 0 saturated heterocycles. The maximum atomic E-state index is 12.9. The molecule has 0 atom stereocenters. The molecule has 1 amide bonds. The van der Waals surface area contributed by atoms with Crippen molar-refractivity contribution in [2.24, 2.45) is 0 Å². The molecule has 3 rings (SSSR count). The van der Waals surface area contributed by atoms with Crippen molar-refractivity contribution in [3.63, 3.8) is 0 Å². The van der Waals surface area contributed by atoms with Gasteiger partial charge in [-0.1, -0.05) is 72.8 Å². The standard InChI is InChI=1S/C21H17NO3/c23-20(22-18-13-11-17(12-14-18)21(24)25)19(15-7-3-1-4-8-15)16-9-5-2-6-10-16/h1-14,19H,(H,22,23)(H,24,25)/p-1. The molecule has 0 radical (unpaired) electrons. The molecule has 0 heterocycles. The summed E-state index contributed by atoms with van der Waals surface area (Å²) in [5, 5.41) is 13.7. The summed E-state index contributed by atoms with van der Waals surface area (Å²) >= 11 is 0. The van der Waals surface area contributed by atoms with Crippen LogP contribution < -0.4 is 10.4 Å². The van der Waals surface area contributed by atoms with Gasteiger partial charge in [0.1, 0.15) is 0 Å². The zero-order chi connectivity index (χ0) is 17.6. The van der Waals surface area contributed by atoms with E-state index in [-0.39, 0.29) is 11.5 Å². The summed E-state index contributed by atoms with van der Waals surface area (Å²) < 4.78 is 0. The minimum atomic E-state index is -1.25. The van der Waals surface area contributed by atoms with Gasteiger partial charge in [0.15, 0.2) is 0 Å². The molecular weight excluding hydrogens is 314 g/mol. The summed E-state index contributed by atoms with van der Waals surface area (Å²) in [4.78, 5) is 23.7. The molecule has 4 nitrogen and oxygen atoms in total. The zero-order valence-electron chi connectivity index (χ0n) is 13.4. The van der Waals surface area contributed by atoms with Crippen LogP contribution in [-0.4, -0.2) is 11.9 Å². The summed E-state index contributed by atoms with van der Waals surface area (Å²) in [7, 11) is 0. The van der Waals surface area contributed by atoms with Crippen LogP contribution >= 0.6 is 0 Å². The highest BCUT2D eigenvalue weighted by atomic mass is 16.4. The van der Waals surface area contributed by atoms with Gasteiger partial charge in [0, 0.05) is 5.69 Å². The van der Waals surface area contributed by atoms with Crippen LogP contribution in [0, 0.1) is 0 Å². The van der Waals surface area contributed by atoms with Crippen LogP contribution in [0.2, 0.25) is 0 Å². The van der Waals surface area contributed by atoms with Crippen molar-refractivity contribution in [1.82, 2.24) is 0 Å². The maximum Gasteiger partial charge on any atom is 0.236 e. The summed E-state index contributed by atoms with van der Waals surface area (Å²) in [5.41, 5.74) is 2.38. The van der Waals surface area contributed by atoms with Gasteiger partial charge < -0.3 is 15.2 Å². The SMILES string of the molecule is O=C([O-])c1ccc(NC(=O)C(c2ccccc2)c2ccccc2)cc1. The second-order valence-electron chi connectivity index (χ2n) is 5.61. The Morgan fingerprint density at radius 3 is 1.64 bits per heavy atom. The molecule has 3 aromatic carbocycles. The van der Waals surface area contributed by atoms with Crippen LogP contribution in [0.25, 0.3) is 0 Å². The molecule has 3 aromatic rings. The van der Waals surface area contributed by atoms with E-state index in [0.29, 0.717) is 5.69 Å². The molecule has 124 valence electrons. The Morgan fingerprint density at radius 1 is 0.720 bits per heavy atom. The minimum absolute atomic E-state index is 0.0701. The van der Waals surface area contributed by atoms with Crippen LogP contribution in [0.4, 0.5) is 5.69 Å². The first kappa shape index (κ1) is 16.5. The van der Waals surface area contributed by atoms with Gasteiger partial charge in [-0.05, 0) is 28.8 Å². The van der Waals surface area contributed by atoms with E-state index in [1.807, 2.05) is 60.7 Å². The van der Waals surface area contributed by atoms with Crippen LogP contribution in [-0.2, 0) is 4.79 Å². The third-order valence-corrected chi connectivity index (χ3v) is 3.92. The number of carbonyl (C=O) groups excluding carboxylic acids is 2. The molecule has 0 saturated carbocycles. The summed E-state index contributed by atoms with van der Waals surface area (Å²) in [6.45, 7) is 0. The number of rotatable bonds is 5. The summed E-state index contributed by atoms with van der Waals surface area (Å²) in [6.07, 6.45) is 0. The predicted molar refractivity (Wildman–Crippen MR) is 94.1 cm³/mol. The number of benzene rings is 3. The molecular formula is C21H16NO3-. The second-order valence-corrected chi connectivity index (χ2v) is 5.61. The predicted octanol–water partition coefficient (Wildman–Crippen LogP) is 2.82. The lowest BCUT2D eigenvalue weighted by Gasteiger charge is -2.18. The van der Waals surface area contributed by atoms with Crippen LogP contribution in [0.15, 0.2) is 84.9 Å². The summed E-state index contributed by atoms with van der Waals surface area (Å²) in [6, 6.07) is 25.0. The highest BCUT2D eigenvalue weighted by Gasteiger charge is 2.22. The molecule has 25 heavy (non-hydrogen) atoms. The van der Waals surface area contributed by atoms with Gasteiger partial charge in [-0.2, -0.15) is 0 Å². The fourth-order valence-corrected chi connectivity index (χ4v) is 2.69. The lowest BCUT2D eigenvalue weighted by Crippen LogP contribution is -2.23. The van der Waals surface area contributed by atoms with E-state index in [9.17, 15) is 14.7 Å². The molecule has 0 aliphatic heterocycles. The normalized spacial score (nSPS) is 10.4. The van der Waals surface area contributed by atoms with Crippen molar-refractivity contribution < 1.29 is 14.7 Å². The first-order valence-corrected chi connectivity index (χ1v) is 7.87. The van der Waals surface area contributed by atoms with Gasteiger partial charge in [-0.15, -0.1) is 0 Å². The number of aromatic carboxylic acids is 1. The third kappa shape index (κ3) is 3.93. The van der Waals surface area contributed by atoms with Gasteiger partial charge in [0.2, 0.25) is 5.91 Å². The molecule has 0 fully saturated rings. The number of nitrogens with one attached hydrogen (secondary N) is 1. The van der Waals surface area contributed by atoms with E-state index < -0.39 is 11.9 Å². The Bertz CT molecular complexity index is 819. The molecule has 0 bridgehead atoms. The monoisotopic (exact) mass is 330 g/mol. The van der Waals surface area contributed by atoms with Crippen molar-refractivity contribution in [3.8, 4) is 0 Å². The Kier molecular flexibility index (Phi) is 4.90. The van der Waals surface area contributed by atoms with E-state index in [1.54, 1.807) is 12.1 Å². The van der Waals surface area contributed by atoms with Gasteiger partial charge in [-0.3, -0.25) is 4.79 Å². The first-order chi connectivity index (χ1) is 12.1. The van der Waals surface area contributed by atoms with Gasteiger partial charge in [0.25, 0.3) is 0 Å². The average molecular weight is 330 g/mol. The van der Waals surface area contributed by atoms with Crippen molar-refractivity contribution in [2.45, 2.75) is 5.92 Å². The second kappa shape index (κ2) is 7.45. The smallest absolute Gasteiger partial charge is 0.236 e. The van der Waals surface area contributed by atoms with Crippen LogP contribution in [0.3, 0.4) is 0 Å². The zero-order valence-corrected chi connectivity index (χ0v) is 13.4. The minimum Gasteiger partial charge on any atom is -0.545 e. The van der Waals surface area contributed by atoms with Gasteiger partial charge >= 0.3 is 0 Å². The lowest BCUT2D eigenvalue weighted by atomic mass is 9.90. The highest BCUT2D eigenvalue weighted by Crippen LogP contribution is 2.26. The lowest BCUT2D eigenvalue weighted by molar-refractivity contribution is -0.255. The number of hydrogen-bond donors (Lipinski definition) is 1. The number of carbonyl (C=O) groups is 2. The maximum absolute atomic E-state index is 12.9. The van der Waals surface area contributed by atoms with Gasteiger partial charge in [-0.25, -0.2) is 0 Å². The van der Waals surface area contributed by atoms with E-state index in [1.165, 1.54) is 12.1 Å². The number of amides is 1. The Hall–Kier alpha value is -3.40. The molecule has 0 aliphatic carbocycles. The van der Waals surface area contributed by atoms with Crippen LogP contribution in [0.1, 0.15) is 27.4 Å².